The Bertz CT molecular complexity index is 649. The van der Waals surface area contributed by atoms with Crippen LogP contribution in [0.15, 0.2) is 29.2 Å². The zero-order valence-corrected chi connectivity index (χ0v) is 15.2. The van der Waals surface area contributed by atoms with E-state index in [9.17, 15) is 4.79 Å². The predicted octanol–water partition coefficient (Wildman–Crippen LogP) is 3.84. The van der Waals surface area contributed by atoms with E-state index in [1.54, 1.807) is 4.90 Å². The molecule has 1 N–H and O–H groups in total. The van der Waals surface area contributed by atoms with Crippen LogP contribution in [0.2, 0.25) is 0 Å². The number of amides is 1. The molecule has 0 spiro atoms. The number of nitrogens with one attached hydrogen (secondary N) is 1. The number of aromatic amines is 1. The first kappa shape index (κ1) is 17.6. The average Bonchev–Trinajstić information content (AvgIpc) is 2.93. The number of rotatable bonds is 7. The van der Waals surface area contributed by atoms with Gasteiger partial charge in [-0.2, -0.15) is 5.10 Å². The third-order valence-corrected chi connectivity index (χ3v) is 5.04. The summed E-state index contributed by atoms with van der Waals surface area (Å²) in [5, 5.41) is 7.12. The minimum absolute atomic E-state index is 0.00112. The van der Waals surface area contributed by atoms with E-state index in [0.717, 1.165) is 36.4 Å². The monoisotopic (exact) mass is 331 g/mol. The van der Waals surface area contributed by atoms with Gasteiger partial charge in [0.05, 0.1) is 0 Å². The standard InChI is InChI=1S/C18H25N3OS/c1-5-16-14(3)17(20-19-16)18(22)21(4)11-6-12-23-15-9-7-13(2)8-10-15/h7-10H,5-6,11-12H2,1-4H3,(H,19,20). The highest BCUT2D eigenvalue weighted by molar-refractivity contribution is 7.99. The first-order valence-electron chi connectivity index (χ1n) is 8.01. The van der Waals surface area contributed by atoms with Crippen LogP contribution in [-0.4, -0.2) is 40.3 Å². The van der Waals surface area contributed by atoms with Crippen LogP contribution in [0.5, 0.6) is 0 Å². The number of H-pyrrole nitrogens is 1. The lowest BCUT2D eigenvalue weighted by atomic mass is 10.1. The summed E-state index contributed by atoms with van der Waals surface area (Å²) in [7, 11) is 1.85. The lowest BCUT2D eigenvalue weighted by molar-refractivity contribution is 0.0789. The minimum atomic E-state index is -0.00112. The van der Waals surface area contributed by atoms with Gasteiger partial charge in [0.25, 0.3) is 5.91 Å². The molecule has 23 heavy (non-hydrogen) atoms. The van der Waals surface area contributed by atoms with Crippen molar-refractivity contribution in [3.8, 4) is 0 Å². The van der Waals surface area contributed by atoms with Gasteiger partial charge in [0.15, 0.2) is 5.69 Å². The largest absolute Gasteiger partial charge is 0.340 e. The van der Waals surface area contributed by atoms with E-state index in [4.69, 9.17) is 0 Å². The quantitative estimate of drug-likeness (QED) is 0.619. The molecule has 1 amide bonds. The SMILES string of the molecule is CCc1[nH]nc(C(=O)N(C)CCCSc2ccc(C)cc2)c1C. The number of hydrogen-bond donors (Lipinski definition) is 1. The molecule has 0 radical (unpaired) electrons. The van der Waals surface area contributed by atoms with Gasteiger partial charge in [-0.1, -0.05) is 24.6 Å². The second-order valence-electron chi connectivity index (χ2n) is 5.77. The van der Waals surface area contributed by atoms with Crippen molar-refractivity contribution in [2.75, 3.05) is 19.3 Å². The van der Waals surface area contributed by atoms with E-state index in [0.29, 0.717) is 5.69 Å². The molecule has 0 aliphatic carbocycles. The molecule has 0 atom stereocenters. The first-order valence-corrected chi connectivity index (χ1v) is 9.00. The number of aromatic nitrogens is 2. The molecule has 1 aromatic heterocycles. The molecule has 1 heterocycles. The lowest BCUT2D eigenvalue weighted by Crippen LogP contribution is -2.29. The molecule has 0 fully saturated rings. The molecule has 0 bridgehead atoms. The second-order valence-corrected chi connectivity index (χ2v) is 6.94. The van der Waals surface area contributed by atoms with Gasteiger partial charge < -0.3 is 4.90 Å². The number of hydrogen-bond acceptors (Lipinski definition) is 3. The number of aryl methyl sites for hydroxylation is 2. The summed E-state index contributed by atoms with van der Waals surface area (Å²) in [6.45, 7) is 6.85. The average molecular weight is 331 g/mol. The van der Waals surface area contributed by atoms with Crippen LogP contribution in [0.1, 0.15) is 40.7 Å². The lowest BCUT2D eigenvalue weighted by Gasteiger charge is -2.16. The Morgan fingerprint density at radius 1 is 1.26 bits per heavy atom. The van der Waals surface area contributed by atoms with Gasteiger partial charge in [-0.05, 0) is 44.6 Å². The Balaban J connectivity index is 1.79. The van der Waals surface area contributed by atoms with Gasteiger partial charge in [0.2, 0.25) is 0 Å². The van der Waals surface area contributed by atoms with Crippen molar-refractivity contribution in [3.05, 3.63) is 46.8 Å². The summed E-state index contributed by atoms with van der Waals surface area (Å²) >= 11 is 1.83. The van der Waals surface area contributed by atoms with Crippen LogP contribution in [0.3, 0.4) is 0 Å². The predicted molar refractivity (Wildman–Crippen MR) is 96.2 cm³/mol. The highest BCUT2D eigenvalue weighted by Gasteiger charge is 2.18. The Labute approximate surface area is 142 Å². The maximum absolute atomic E-state index is 12.4. The normalized spacial score (nSPS) is 10.8. The van der Waals surface area contributed by atoms with Crippen LogP contribution in [-0.2, 0) is 6.42 Å². The van der Waals surface area contributed by atoms with Crippen LogP contribution >= 0.6 is 11.8 Å². The van der Waals surface area contributed by atoms with Crippen LogP contribution < -0.4 is 0 Å². The molecule has 0 aliphatic rings. The molecule has 0 saturated heterocycles. The van der Waals surface area contributed by atoms with Crippen molar-refractivity contribution < 1.29 is 4.79 Å². The first-order chi connectivity index (χ1) is 11.0. The van der Waals surface area contributed by atoms with Gasteiger partial charge >= 0.3 is 0 Å². The third kappa shape index (κ3) is 4.61. The van der Waals surface area contributed by atoms with Gasteiger partial charge in [-0.25, -0.2) is 0 Å². The highest BCUT2D eigenvalue weighted by Crippen LogP contribution is 2.19. The molecular formula is C18H25N3OS. The van der Waals surface area contributed by atoms with Crippen LogP contribution in [0, 0.1) is 13.8 Å². The summed E-state index contributed by atoms with van der Waals surface area (Å²) in [4.78, 5) is 15.5. The van der Waals surface area contributed by atoms with Gasteiger partial charge in [-0.3, -0.25) is 9.89 Å². The molecule has 5 heteroatoms. The van der Waals surface area contributed by atoms with Gasteiger partial charge in [0, 0.05) is 29.7 Å². The third-order valence-electron chi connectivity index (χ3n) is 3.94. The van der Waals surface area contributed by atoms with Gasteiger partial charge in [-0.15, -0.1) is 11.8 Å². The van der Waals surface area contributed by atoms with E-state index >= 15 is 0 Å². The van der Waals surface area contributed by atoms with Crippen molar-refractivity contribution in [1.82, 2.24) is 15.1 Å². The molecular weight excluding hydrogens is 306 g/mol. The fourth-order valence-corrected chi connectivity index (χ4v) is 3.23. The van der Waals surface area contributed by atoms with Crippen LogP contribution in [0.4, 0.5) is 0 Å². The summed E-state index contributed by atoms with van der Waals surface area (Å²) in [6.07, 6.45) is 1.83. The summed E-state index contributed by atoms with van der Waals surface area (Å²) in [6, 6.07) is 8.55. The van der Waals surface area contributed by atoms with E-state index in [-0.39, 0.29) is 5.91 Å². The maximum Gasteiger partial charge on any atom is 0.274 e. The molecule has 0 saturated carbocycles. The van der Waals surface area contributed by atoms with Crippen molar-refractivity contribution in [2.24, 2.45) is 0 Å². The number of nitrogens with zero attached hydrogens (tertiary/aromatic N) is 2. The Kier molecular flexibility index (Phi) is 6.28. The second kappa shape index (κ2) is 8.20. The number of benzene rings is 1. The van der Waals surface area contributed by atoms with E-state index in [2.05, 4.69) is 48.3 Å². The fraction of sp³-hybridized carbons (Fsp3) is 0.444. The van der Waals surface area contributed by atoms with Crippen molar-refractivity contribution in [2.45, 2.75) is 38.5 Å². The maximum atomic E-state index is 12.4. The van der Waals surface area contributed by atoms with Crippen molar-refractivity contribution in [3.63, 3.8) is 0 Å². The number of thioether (sulfide) groups is 1. The van der Waals surface area contributed by atoms with Crippen molar-refractivity contribution >= 4 is 17.7 Å². The zero-order valence-electron chi connectivity index (χ0n) is 14.3. The summed E-state index contributed by atoms with van der Waals surface area (Å²) < 4.78 is 0. The van der Waals surface area contributed by atoms with Gasteiger partial charge in [0.1, 0.15) is 0 Å². The summed E-state index contributed by atoms with van der Waals surface area (Å²) in [5.74, 6) is 0.999. The summed E-state index contributed by atoms with van der Waals surface area (Å²) in [5.41, 5.74) is 3.84. The van der Waals surface area contributed by atoms with Crippen LogP contribution in [0.25, 0.3) is 0 Å². The molecule has 124 valence electrons. The fourth-order valence-electron chi connectivity index (χ4n) is 2.40. The molecule has 0 unspecified atom stereocenters. The minimum Gasteiger partial charge on any atom is -0.340 e. The topological polar surface area (TPSA) is 49.0 Å². The number of carbonyl (C=O) groups is 1. The Morgan fingerprint density at radius 2 is 1.96 bits per heavy atom. The molecule has 4 nitrogen and oxygen atoms in total. The van der Waals surface area contributed by atoms with E-state index in [1.807, 2.05) is 25.7 Å². The van der Waals surface area contributed by atoms with E-state index in [1.165, 1.54) is 10.5 Å². The molecule has 0 aliphatic heterocycles. The van der Waals surface area contributed by atoms with Crippen molar-refractivity contribution in [1.29, 1.82) is 0 Å². The zero-order chi connectivity index (χ0) is 16.8. The molecule has 2 rings (SSSR count). The highest BCUT2D eigenvalue weighted by atomic mass is 32.2. The molecule has 2 aromatic rings. The Hall–Kier alpha value is -1.75. The van der Waals surface area contributed by atoms with E-state index < -0.39 is 0 Å². The molecule has 1 aromatic carbocycles. The Morgan fingerprint density at radius 3 is 2.57 bits per heavy atom. The smallest absolute Gasteiger partial charge is 0.274 e. The number of carbonyl (C=O) groups excluding carboxylic acids is 1.